The second-order valence-corrected chi connectivity index (χ2v) is 5.78. The van der Waals surface area contributed by atoms with Gasteiger partial charge in [0, 0.05) is 19.7 Å². The fraction of sp³-hybridized carbons (Fsp3) is 0.733. The van der Waals surface area contributed by atoms with Crippen LogP contribution in [0.1, 0.15) is 44.7 Å². The lowest BCUT2D eigenvalue weighted by atomic mass is 10.1. The molecule has 0 saturated carbocycles. The molecule has 1 aromatic heterocycles. The van der Waals surface area contributed by atoms with Gasteiger partial charge >= 0.3 is 0 Å². The van der Waals surface area contributed by atoms with E-state index in [2.05, 4.69) is 24.3 Å². The second kappa shape index (κ2) is 7.56. The van der Waals surface area contributed by atoms with E-state index in [0.717, 1.165) is 25.1 Å². The molecule has 6 heteroatoms. The van der Waals surface area contributed by atoms with Gasteiger partial charge in [-0.3, -0.25) is 9.48 Å². The summed E-state index contributed by atoms with van der Waals surface area (Å²) in [6.07, 6.45) is 3.44. The molecule has 1 fully saturated rings. The molecule has 1 atom stereocenters. The minimum Gasteiger partial charge on any atom is -0.376 e. The van der Waals surface area contributed by atoms with Crippen LogP contribution in [0.15, 0.2) is 6.07 Å². The summed E-state index contributed by atoms with van der Waals surface area (Å²) < 4.78 is 12.7. The third kappa shape index (κ3) is 4.82. The number of aryl methyl sites for hydroxylation is 1. The summed E-state index contributed by atoms with van der Waals surface area (Å²) in [7, 11) is 1.82. The number of aromatic nitrogens is 2. The number of hydrogen-bond acceptors (Lipinski definition) is 4. The Kier molecular flexibility index (Phi) is 5.76. The van der Waals surface area contributed by atoms with Crippen LogP contribution in [0.4, 0.5) is 5.82 Å². The fourth-order valence-electron chi connectivity index (χ4n) is 2.29. The Morgan fingerprint density at radius 3 is 3.00 bits per heavy atom. The van der Waals surface area contributed by atoms with Gasteiger partial charge < -0.3 is 14.8 Å². The Balaban J connectivity index is 1.73. The molecule has 1 aromatic rings. The van der Waals surface area contributed by atoms with Crippen molar-refractivity contribution in [2.24, 2.45) is 7.05 Å². The highest BCUT2D eigenvalue weighted by Gasteiger charge is 2.15. The van der Waals surface area contributed by atoms with Crippen LogP contribution in [0.25, 0.3) is 0 Å². The van der Waals surface area contributed by atoms with Gasteiger partial charge in [0.05, 0.1) is 18.4 Å². The smallest absolute Gasteiger partial charge is 0.251 e. The summed E-state index contributed by atoms with van der Waals surface area (Å²) >= 11 is 0. The van der Waals surface area contributed by atoms with Gasteiger partial charge in [-0.25, -0.2) is 0 Å². The number of nitrogens with zero attached hydrogens (tertiary/aromatic N) is 2. The molecule has 2 heterocycles. The average molecular weight is 295 g/mol. The lowest BCUT2D eigenvalue weighted by Crippen LogP contribution is -2.27. The highest BCUT2D eigenvalue weighted by Crippen LogP contribution is 2.17. The van der Waals surface area contributed by atoms with E-state index in [1.54, 1.807) is 4.68 Å². The van der Waals surface area contributed by atoms with Gasteiger partial charge in [0.1, 0.15) is 12.4 Å². The summed E-state index contributed by atoms with van der Waals surface area (Å²) in [5.41, 5.74) is 0.962. The maximum absolute atomic E-state index is 11.9. The molecular formula is C15H25N3O3. The summed E-state index contributed by atoms with van der Waals surface area (Å²) in [5, 5.41) is 7.18. The van der Waals surface area contributed by atoms with Crippen molar-refractivity contribution in [3.63, 3.8) is 0 Å². The molecular weight excluding hydrogens is 270 g/mol. The van der Waals surface area contributed by atoms with Crippen LogP contribution in [0, 0.1) is 0 Å². The monoisotopic (exact) mass is 295 g/mol. The molecule has 6 nitrogen and oxygen atoms in total. The van der Waals surface area contributed by atoms with Crippen LogP contribution in [-0.4, -0.2) is 41.6 Å². The third-order valence-electron chi connectivity index (χ3n) is 3.57. The van der Waals surface area contributed by atoms with Crippen molar-refractivity contribution in [1.29, 1.82) is 0 Å². The molecule has 0 aliphatic carbocycles. The van der Waals surface area contributed by atoms with Crippen LogP contribution in [-0.2, 0) is 21.3 Å². The van der Waals surface area contributed by atoms with Gasteiger partial charge in [0.2, 0.25) is 0 Å². The highest BCUT2D eigenvalue weighted by atomic mass is 16.5. The van der Waals surface area contributed by atoms with Crippen molar-refractivity contribution < 1.29 is 14.3 Å². The third-order valence-corrected chi connectivity index (χ3v) is 3.57. The zero-order valence-electron chi connectivity index (χ0n) is 13.1. The lowest BCUT2D eigenvalue weighted by Gasteiger charge is -2.22. The molecule has 0 bridgehead atoms. The molecule has 0 aromatic carbocycles. The zero-order valence-corrected chi connectivity index (χ0v) is 13.1. The largest absolute Gasteiger partial charge is 0.376 e. The van der Waals surface area contributed by atoms with Crippen molar-refractivity contribution >= 4 is 11.7 Å². The number of rotatable bonds is 6. The molecule has 1 saturated heterocycles. The van der Waals surface area contributed by atoms with Crippen LogP contribution >= 0.6 is 0 Å². The molecule has 1 N–H and O–H groups in total. The number of hydrogen-bond donors (Lipinski definition) is 1. The van der Waals surface area contributed by atoms with Crippen molar-refractivity contribution in [3.8, 4) is 0 Å². The number of carbonyl (C=O) groups is 1. The first-order valence-electron chi connectivity index (χ1n) is 7.59. The normalized spacial score (nSPS) is 19.0. The maximum atomic E-state index is 11.9. The zero-order chi connectivity index (χ0) is 15.2. The average Bonchev–Trinajstić information content (AvgIpc) is 2.81. The Bertz CT molecular complexity index is 465. The van der Waals surface area contributed by atoms with E-state index >= 15 is 0 Å². The van der Waals surface area contributed by atoms with Gasteiger partial charge in [-0.15, -0.1) is 0 Å². The molecule has 0 radical (unpaired) electrons. The highest BCUT2D eigenvalue weighted by molar-refractivity contribution is 5.90. The van der Waals surface area contributed by atoms with E-state index in [4.69, 9.17) is 9.47 Å². The Morgan fingerprint density at radius 2 is 2.38 bits per heavy atom. The van der Waals surface area contributed by atoms with Crippen molar-refractivity contribution in [3.05, 3.63) is 11.8 Å². The Hall–Kier alpha value is -1.40. The fourth-order valence-corrected chi connectivity index (χ4v) is 2.29. The maximum Gasteiger partial charge on any atom is 0.251 e. The first-order chi connectivity index (χ1) is 10.1. The van der Waals surface area contributed by atoms with Gasteiger partial charge in [-0.1, -0.05) is 13.8 Å². The summed E-state index contributed by atoms with van der Waals surface area (Å²) in [5.74, 6) is 0.867. The quantitative estimate of drug-likeness (QED) is 0.872. The van der Waals surface area contributed by atoms with Crippen LogP contribution < -0.4 is 5.32 Å². The van der Waals surface area contributed by atoms with E-state index in [9.17, 15) is 4.79 Å². The van der Waals surface area contributed by atoms with Gasteiger partial charge in [0.25, 0.3) is 5.91 Å². The lowest BCUT2D eigenvalue weighted by molar-refractivity contribution is -0.122. The van der Waals surface area contributed by atoms with Crippen molar-refractivity contribution in [2.45, 2.75) is 45.1 Å². The number of carbonyl (C=O) groups excluding carboxylic acids is 1. The molecule has 1 aliphatic heterocycles. The SMILES string of the molecule is CC(C)c1cc(NC(=O)COCC2CCCCO2)n(C)n1. The second-order valence-electron chi connectivity index (χ2n) is 5.78. The van der Waals surface area contributed by atoms with Crippen LogP contribution in [0.2, 0.25) is 0 Å². The molecule has 2 rings (SSSR count). The van der Waals surface area contributed by atoms with Gasteiger partial charge in [-0.2, -0.15) is 5.10 Å². The summed E-state index contributed by atoms with van der Waals surface area (Å²) in [6, 6.07) is 1.90. The molecule has 118 valence electrons. The minimum absolute atomic E-state index is 0.0437. The van der Waals surface area contributed by atoms with Crippen molar-refractivity contribution in [1.82, 2.24) is 9.78 Å². The summed E-state index contributed by atoms with van der Waals surface area (Å²) in [4.78, 5) is 11.9. The van der Waals surface area contributed by atoms with Gasteiger partial charge in [-0.05, 0) is 25.2 Å². The predicted molar refractivity (Wildman–Crippen MR) is 80.3 cm³/mol. The van der Waals surface area contributed by atoms with E-state index in [1.165, 1.54) is 6.42 Å². The van der Waals surface area contributed by atoms with Crippen molar-refractivity contribution in [2.75, 3.05) is 25.1 Å². The molecule has 0 spiro atoms. The van der Waals surface area contributed by atoms with Crippen LogP contribution in [0.5, 0.6) is 0 Å². The molecule has 1 amide bonds. The van der Waals surface area contributed by atoms with Crippen LogP contribution in [0.3, 0.4) is 0 Å². The van der Waals surface area contributed by atoms with E-state index in [-0.39, 0.29) is 18.6 Å². The molecule has 1 unspecified atom stereocenters. The first-order valence-corrected chi connectivity index (χ1v) is 7.59. The predicted octanol–water partition coefficient (Wildman–Crippen LogP) is 2.07. The molecule has 1 aliphatic rings. The van der Waals surface area contributed by atoms with E-state index < -0.39 is 0 Å². The number of amides is 1. The summed E-state index contributed by atoms with van der Waals surface area (Å²) in [6.45, 7) is 5.47. The number of anilines is 1. The molecule has 21 heavy (non-hydrogen) atoms. The first kappa shape index (κ1) is 16.0. The Morgan fingerprint density at radius 1 is 1.57 bits per heavy atom. The van der Waals surface area contributed by atoms with E-state index in [0.29, 0.717) is 18.3 Å². The number of nitrogens with one attached hydrogen (secondary N) is 1. The van der Waals surface area contributed by atoms with Gasteiger partial charge in [0.15, 0.2) is 0 Å². The standard InChI is InChI=1S/C15H25N3O3/c1-11(2)13-8-14(18(3)17-13)16-15(19)10-20-9-12-6-4-5-7-21-12/h8,11-12H,4-7,9-10H2,1-3H3,(H,16,19). The Labute approximate surface area is 125 Å². The number of ether oxygens (including phenoxy) is 2. The van der Waals surface area contributed by atoms with E-state index in [1.807, 2.05) is 13.1 Å². The minimum atomic E-state index is -0.163. The topological polar surface area (TPSA) is 65.4 Å².